The van der Waals surface area contributed by atoms with Crippen LogP contribution in [0.15, 0.2) is 0 Å². The van der Waals surface area contributed by atoms with Crippen molar-refractivity contribution in [2.75, 3.05) is 12.3 Å². The molecule has 104 valence electrons. The molecule has 0 aliphatic carbocycles. The lowest BCUT2D eigenvalue weighted by Gasteiger charge is -2.16. The molecule has 2 nitrogen and oxygen atoms in total. The zero-order chi connectivity index (χ0) is 13.3. The predicted octanol–water partition coefficient (Wildman–Crippen LogP) is 3.34. The van der Waals surface area contributed by atoms with Gasteiger partial charge in [0.05, 0.1) is 0 Å². The molecule has 3 atom stereocenters. The van der Waals surface area contributed by atoms with Gasteiger partial charge in [-0.15, -0.1) is 0 Å². The van der Waals surface area contributed by atoms with Crippen LogP contribution in [0.1, 0.15) is 60.3 Å². The second-order valence-corrected chi connectivity index (χ2v) is 7.30. The monoisotopic (exact) mass is 261 g/mol. The number of hydrogen-bond donors (Lipinski definition) is 1. The van der Waals surface area contributed by atoms with Gasteiger partial charge in [0, 0.05) is 27.8 Å². The summed E-state index contributed by atoms with van der Waals surface area (Å²) < 4.78 is 11.9. The van der Waals surface area contributed by atoms with Crippen molar-refractivity contribution in [3.8, 4) is 0 Å². The molecular formula is C14H31NOS. The molecule has 0 saturated carbocycles. The van der Waals surface area contributed by atoms with Crippen molar-refractivity contribution < 1.29 is 4.21 Å². The number of nitrogens with one attached hydrogen (secondary N) is 1. The van der Waals surface area contributed by atoms with Crippen molar-refractivity contribution in [2.24, 2.45) is 5.92 Å². The Morgan fingerprint density at radius 3 is 2.29 bits per heavy atom. The summed E-state index contributed by atoms with van der Waals surface area (Å²) in [6, 6.07) is 0.603. The summed E-state index contributed by atoms with van der Waals surface area (Å²) in [7, 11) is -0.635. The summed E-state index contributed by atoms with van der Waals surface area (Å²) in [5.41, 5.74) is 0. The molecule has 0 fully saturated rings. The molecule has 3 unspecified atom stereocenters. The minimum atomic E-state index is -0.635. The molecule has 3 heteroatoms. The van der Waals surface area contributed by atoms with Gasteiger partial charge in [-0.25, -0.2) is 0 Å². The zero-order valence-electron chi connectivity index (χ0n) is 12.3. The van der Waals surface area contributed by atoms with Gasteiger partial charge in [-0.2, -0.15) is 0 Å². The molecule has 0 spiro atoms. The maximum atomic E-state index is 11.9. The van der Waals surface area contributed by atoms with Crippen molar-refractivity contribution in [2.45, 2.75) is 71.6 Å². The maximum Gasteiger partial charge on any atom is 0.0342 e. The molecule has 0 aromatic heterocycles. The molecule has 0 radical (unpaired) electrons. The third-order valence-corrected chi connectivity index (χ3v) is 5.39. The van der Waals surface area contributed by atoms with Gasteiger partial charge >= 0.3 is 0 Å². The van der Waals surface area contributed by atoms with Crippen LogP contribution < -0.4 is 5.32 Å². The summed E-state index contributed by atoms with van der Waals surface area (Å²) in [5.74, 6) is 1.40. The average molecular weight is 261 g/mol. The van der Waals surface area contributed by atoms with Crippen molar-refractivity contribution in [3.63, 3.8) is 0 Å². The van der Waals surface area contributed by atoms with E-state index >= 15 is 0 Å². The van der Waals surface area contributed by atoms with Crippen LogP contribution in [-0.2, 0) is 10.8 Å². The van der Waals surface area contributed by atoms with Crippen LogP contribution in [0.4, 0.5) is 0 Å². The molecule has 0 aliphatic heterocycles. The Kier molecular flexibility index (Phi) is 10.1. The second-order valence-electron chi connectivity index (χ2n) is 5.38. The van der Waals surface area contributed by atoms with E-state index < -0.39 is 10.8 Å². The minimum Gasteiger partial charge on any atom is -0.314 e. The Bertz CT molecular complexity index is 206. The smallest absolute Gasteiger partial charge is 0.0342 e. The molecular weight excluding hydrogens is 230 g/mol. The molecule has 0 amide bonds. The van der Waals surface area contributed by atoms with Crippen molar-refractivity contribution in [3.05, 3.63) is 0 Å². The quantitative estimate of drug-likeness (QED) is 0.611. The van der Waals surface area contributed by atoms with Crippen molar-refractivity contribution >= 4 is 10.8 Å². The van der Waals surface area contributed by atoms with Crippen LogP contribution in [0.5, 0.6) is 0 Å². The van der Waals surface area contributed by atoms with Crippen molar-refractivity contribution in [1.29, 1.82) is 0 Å². The molecule has 1 N–H and O–H groups in total. The third kappa shape index (κ3) is 8.78. The van der Waals surface area contributed by atoms with Crippen LogP contribution in [0, 0.1) is 5.92 Å². The predicted molar refractivity (Wildman–Crippen MR) is 78.9 cm³/mol. The van der Waals surface area contributed by atoms with Gasteiger partial charge in [0.25, 0.3) is 0 Å². The summed E-state index contributed by atoms with van der Waals surface area (Å²) in [4.78, 5) is 0. The molecule has 0 heterocycles. The fourth-order valence-corrected chi connectivity index (χ4v) is 3.14. The Morgan fingerprint density at radius 2 is 1.76 bits per heavy atom. The molecule has 0 rings (SSSR count). The number of hydrogen-bond acceptors (Lipinski definition) is 2. The van der Waals surface area contributed by atoms with Crippen LogP contribution in [0.25, 0.3) is 0 Å². The van der Waals surface area contributed by atoms with E-state index in [2.05, 4.69) is 39.9 Å². The third-order valence-electron chi connectivity index (χ3n) is 3.33. The van der Waals surface area contributed by atoms with Crippen LogP contribution in [-0.4, -0.2) is 27.8 Å². The van der Waals surface area contributed by atoms with Gasteiger partial charge in [0.15, 0.2) is 0 Å². The largest absolute Gasteiger partial charge is 0.314 e. The van der Waals surface area contributed by atoms with E-state index in [1.165, 1.54) is 19.3 Å². The van der Waals surface area contributed by atoms with E-state index in [1.807, 2.05) is 0 Å². The van der Waals surface area contributed by atoms with Crippen LogP contribution >= 0.6 is 0 Å². The second kappa shape index (κ2) is 10.1. The molecule has 0 saturated heterocycles. The van der Waals surface area contributed by atoms with E-state index in [1.54, 1.807) is 0 Å². The normalized spacial score (nSPS) is 17.1. The lowest BCUT2D eigenvalue weighted by molar-refractivity contribution is 0.495. The zero-order valence-corrected chi connectivity index (χ0v) is 13.1. The SMILES string of the molecule is CCCNC(C)CCCCS(=O)C(C)C(C)C. The highest BCUT2D eigenvalue weighted by Gasteiger charge is 2.14. The topological polar surface area (TPSA) is 29.1 Å². The Labute approximate surface area is 110 Å². The van der Waals surface area contributed by atoms with Gasteiger partial charge in [-0.05, 0) is 38.6 Å². The van der Waals surface area contributed by atoms with Gasteiger partial charge in [-0.3, -0.25) is 4.21 Å². The highest BCUT2D eigenvalue weighted by Crippen LogP contribution is 2.11. The first-order chi connectivity index (χ1) is 7.99. The lowest BCUT2D eigenvalue weighted by atomic mass is 10.1. The molecule has 0 aliphatic rings. The standard InChI is InChI=1S/C14H31NOS/c1-6-10-15-13(4)9-7-8-11-17(16)14(5)12(2)3/h12-15H,6-11H2,1-5H3. The van der Waals surface area contributed by atoms with Gasteiger partial charge in [0.1, 0.15) is 0 Å². The number of rotatable bonds is 10. The highest BCUT2D eigenvalue weighted by molar-refractivity contribution is 7.85. The summed E-state index contributed by atoms with van der Waals surface area (Å²) in [6.45, 7) is 11.9. The van der Waals surface area contributed by atoms with E-state index in [4.69, 9.17) is 0 Å². The minimum absolute atomic E-state index is 0.339. The first kappa shape index (κ1) is 17.1. The first-order valence-corrected chi connectivity index (χ1v) is 8.47. The molecule has 0 aromatic rings. The fourth-order valence-electron chi connectivity index (χ4n) is 1.68. The number of unbranched alkanes of at least 4 members (excludes halogenated alkanes) is 1. The average Bonchev–Trinajstić information content (AvgIpc) is 2.30. The Balaban J connectivity index is 3.54. The fraction of sp³-hybridized carbons (Fsp3) is 1.00. The highest BCUT2D eigenvalue weighted by atomic mass is 32.2. The summed E-state index contributed by atoms with van der Waals surface area (Å²) >= 11 is 0. The van der Waals surface area contributed by atoms with E-state index in [-0.39, 0.29) is 0 Å². The van der Waals surface area contributed by atoms with Crippen LogP contribution in [0.3, 0.4) is 0 Å². The van der Waals surface area contributed by atoms with E-state index in [9.17, 15) is 4.21 Å². The Morgan fingerprint density at radius 1 is 1.12 bits per heavy atom. The summed E-state index contributed by atoms with van der Waals surface area (Å²) in [5, 5.41) is 3.82. The summed E-state index contributed by atoms with van der Waals surface area (Å²) in [6.07, 6.45) is 4.68. The molecule has 0 aromatic carbocycles. The van der Waals surface area contributed by atoms with Gasteiger partial charge in [0.2, 0.25) is 0 Å². The molecule has 0 bridgehead atoms. The van der Waals surface area contributed by atoms with Crippen LogP contribution in [0.2, 0.25) is 0 Å². The van der Waals surface area contributed by atoms with Gasteiger partial charge in [-0.1, -0.05) is 34.1 Å². The Hall–Kier alpha value is 0.110. The van der Waals surface area contributed by atoms with E-state index in [0.29, 0.717) is 17.2 Å². The van der Waals surface area contributed by atoms with E-state index in [0.717, 1.165) is 18.7 Å². The lowest BCUT2D eigenvalue weighted by Crippen LogP contribution is -2.26. The maximum absolute atomic E-state index is 11.9. The van der Waals surface area contributed by atoms with Gasteiger partial charge < -0.3 is 5.32 Å². The molecule has 17 heavy (non-hydrogen) atoms. The first-order valence-electron chi connectivity index (χ1n) is 7.09. The van der Waals surface area contributed by atoms with Crippen molar-refractivity contribution in [1.82, 2.24) is 5.32 Å².